The largest absolute Gasteiger partial charge is 0.388 e. The summed E-state index contributed by atoms with van der Waals surface area (Å²) in [5.41, 5.74) is 4.63. The predicted octanol–water partition coefficient (Wildman–Crippen LogP) is 5.43. The first-order chi connectivity index (χ1) is 9.51. The molecule has 0 aromatic heterocycles. The van der Waals surface area contributed by atoms with E-state index in [0.29, 0.717) is 10.0 Å². The van der Waals surface area contributed by atoms with Crippen LogP contribution >= 0.6 is 23.2 Å². The first-order valence-corrected chi connectivity index (χ1v) is 6.96. The third-order valence-corrected chi connectivity index (χ3v) is 3.62. The summed E-state index contributed by atoms with van der Waals surface area (Å²) in [6.45, 7) is 6.08. The first-order valence-electron chi connectivity index (χ1n) is 6.21. The smallest absolute Gasteiger partial charge is 0.0661 e. The van der Waals surface area contributed by atoms with Gasteiger partial charge in [-0.3, -0.25) is 0 Å². The average molecular weight is 307 g/mol. The van der Waals surface area contributed by atoms with Crippen LogP contribution in [0, 0.1) is 6.92 Å². The molecule has 0 spiro atoms. The van der Waals surface area contributed by atoms with Gasteiger partial charge in [0.15, 0.2) is 0 Å². The highest BCUT2D eigenvalue weighted by Crippen LogP contribution is 2.29. The fourth-order valence-electron chi connectivity index (χ4n) is 1.92. The molecule has 0 atom stereocenters. The minimum Gasteiger partial charge on any atom is -0.388 e. The number of benzene rings is 2. The number of rotatable bonds is 4. The monoisotopic (exact) mass is 306 g/mol. The van der Waals surface area contributed by atoms with Crippen molar-refractivity contribution >= 4 is 40.3 Å². The number of hydrogen-bond acceptors (Lipinski definition) is 2. The molecule has 0 fully saturated rings. The maximum absolute atomic E-state index is 6.24. The lowest BCUT2D eigenvalue weighted by Gasteiger charge is -2.14. The molecule has 0 aliphatic rings. The van der Waals surface area contributed by atoms with Gasteiger partial charge in [-0.1, -0.05) is 35.8 Å². The van der Waals surface area contributed by atoms with Gasteiger partial charge in [0.2, 0.25) is 0 Å². The molecule has 104 valence electrons. The Morgan fingerprint density at radius 3 is 2.50 bits per heavy atom. The lowest BCUT2D eigenvalue weighted by atomic mass is 10.1. The quantitative estimate of drug-likeness (QED) is 0.787. The van der Waals surface area contributed by atoms with E-state index >= 15 is 0 Å². The zero-order valence-electron chi connectivity index (χ0n) is 11.4. The van der Waals surface area contributed by atoms with Gasteiger partial charge in [-0.2, -0.15) is 0 Å². The van der Waals surface area contributed by atoms with Gasteiger partial charge < -0.3 is 10.6 Å². The molecule has 0 saturated heterocycles. The van der Waals surface area contributed by atoms with E-state index in [0.717, 1.165) is 28.2 Å². The zero-order chi connectivity index (χ0) is 14.7. The summed E-state index contributed by atoms with van der Waals surface area (Å²) in [5.74, 6) is 0. The molecule has 0 aliphatic carbocycles. The fourth-order valence-corrected chi connectivity index (χ4v) is 2.32. The summed E-state index contributed by atoms with van der Waals surface area (Å²) >= 11 is 12.3. The minimum atomic E-state index is 0.637. The fraction of sp³-hybridized carbons (Fsp3) is 0.125. The highest BCUT2D eigenvalue weighted by molar-refractivity contribution is 6.33. The van der Waals surface area contributed by atoms with Gasteiger partial charge in [-0.25, -0.2) is 0 Å². The lowest BCUT2D eigenvalue weighted by Crippen LogP contribution is -2.00. The Morgan fingerprint density at radius 2 is 1.85 bits per heavy atom. The molecule has 2 N–H and O–H groups in total. The maximum atomic E-state index is 6.24. The third kappa shape index (κ3) is 3.27. The molecule has 0 radical (unpaired) electrons. The Hall–Kier alpha value is -1.64. The molecule has 2 aromatic rings. The van der Waals surface area contributed by atoms with Crippen LogP contribution in [0.4, 0.5) is 11.4 Å². The van der Waals surface area contributed by atoms with E-state index in [1.54, 1.807) is 0 Å². The van der Waals surface area contributed by atoms with E-state index in [-0.39, 0.29) is 0 Å². The molecule has 0 aliphatic heterocycles. The van der Waals surface area contributed by atoms with Crippen LogP contribution in [0.25, 0.3) is 5.70 Å². The summed E-state index contributed by atoms with van der Waals surface area (Å²) in [5, 5.41) is 7.60. The molecular formula is C16H16Cl2N2. The van der Waals surface area contributed by atoms with Gasteiger partial charge in [0, 0.05) is 29.0 Å². The number of anilines is 2. The van der Waals surface area contributed by atoms with E-state index < -0.39 is 0 Å². The van der Waals surface area contributed by atoms with Crippen molar-refractivity contribution in [2.24, 2.45) is 0 Å². The summed E-state index contributed by atoms with van der Waals surface area (Å²) in [6.07, 6.45) is 0. The molecule has 2 rings (SSSR count). The van der Waals surface area contributed by atoms with E-state index in [1.807, 2.05) is 50.4 Å². The van der Waals surface area contributed by atoms with Crippen molar-refractivity contribution in [2.75, 3.05) is 17.7 Å². The van der Waals surface area contributed by atoms with Crippen molar-refractivity contribution < 1.29 is 0 Å². The van der Waals surface area contributed by atoms with E-state index in [1.165, 1.54) is 0 Å². The van der Waals surface area contributed by atoms with E-state index in [2.05, 4.69) is 17.2 Å². The first kappa shape index (κ1) is 14.8. The molecule has 4 heteroatoms. The van der Waals surface area contributed by atoms with Crippen molar-refractivity contribution in [3.63, 3.8) is 0 Å². The van der Waals surface area contributed by atoms with E-state index in [4.69, 9.17) is 23.2 Å². The molecule has 0 saturated carbocycles. The van der Waals surface area contributed by atoms with Gasteiger partial charge in [-0.15, -0.1) is 0 Å². The van der Waals surface area contributed by atoms with E-state index in [9.17, 15) is 0 Å². The lowest BCUT2D eigenvalue weighted by molar-refractivity contribution is 1.41. The van der Waals surface area contributed by atoms with Crippen LogP contribution in [0.3, 0.4) is 0 Å². The molecule has 2 aromatic carbocycles. The predicted molar refractivity (Wildman–Crippen MR) is 89.8 cm³/mol. The highest BCUT2D eigenvalue weighted by atomic mass is 35.5. The van der Waals surface area contributed by atoms with Gasteiger partial charge in [0.25, 0.3) is 0 Å². The summed E-state index contributed by atoms with van der Waals surface area (Å²) in [6, 6.07) is 11.5. The van der Waals surface area contributed by atoms with Crippen molar-refractivity contribution in [3.8, 4) is 0 Å². The Kier molecular flexibility index (Phi) is 4.58. The number of aryl methyl sites for hydroxylation is 1. The number of hydrogen-bond donors (Lipinski definition) is 2. The molecule has 2 nitrogen and oxygen atoms in total. The van der Waals surface area contributed by atoms with Crippen molar-refractivity contribution in [1.82, 2.24) is 0 Å². The van der Waals surface area contributed by atoms with Gasteiger partial charge in [0.1, 0.15) is 0 Å². The Balaban J connectivity index is 2.25. The number of nitrogens with one attached hydrogen (secondary N) is 2. The topological polar surface area (TPSA) is 24.1 Å². The third-order valence-electron chi connectivity index (χ3n) is 3.07. The zero-order valence-corrected chi connectivity index (χ0v) is 12.9. The molecule has 0 amide bonds. The van der Waals surface area contributed by atoms with Crippen LogP contribution in [0.5, 0.6) is 0 Å². The normalized spacial score (nSPS) is 10.2. The van der Waals surface area contributed by atoms with Crippen LogP contribution in [0.2, 0.25) is 10.0 Å². The van der Waals surface area contributed by atoms with Crippen LogP contribution in [-0.4, -0.2) is 7.05 Å². The standard InChI is InChI=1S/C16H16Cl2N2/c1-10-4-5-12(17)8-14(10)11(2)20-16-7-6-13(19-3)9-15(16)18/h4-9,19-20H,2H2,1,3H3. The SMILES string of the molecule is C=C(Nc1ccc(NC)cc1Cl)c1cc(Cl)ccc1C. The van der Waals surface area contributed by atoms with Crippen molar-refractivity contribution in [1.29, 1.82) is 0 Å². The highest BCUT2D eigenvalue weighted by Gasteiger charge is 2.07. The van der Waals surface area contributed by atoms with Gasteiger partial charge in [-0.05, 0) is 42.8 Å². The number of halogens is 2. The van der Waals surface area contributed by atoms with Crippen LogP contribution in [0.15, 0.2) is 43.0 Å². The van der Waals surface area contributed by atoms with Crippen LogP contribution < -0.4 is 10.6 Å². The molecule has 0 heterocycles. The van der Waals surface area contributed by atoms with Crippen molar-refractivity contribution in [2.45, 2.75) is 6.92 Å². The Bertz CT molecular complexity index is 651. The summed E-state index contributed by atoms with van der Waals surface area (Å²) in [4.78, 5) is 0. The molecule has 0 bridgehead atoms. The summed E-state index contributed by atoms with van der Waals surface area (Å²) in [7, 11) is 1.85. The Morgan fingerprint density at radius 1 is 1.10 bits per heavy atom. The average Bonchev–Trinajstić information content (AvgIpc) is 2.43. The van der Waals surface area contributed by atoms with Crippen molar-refractivity contribution in [3.05, 3.63) is 64.1 Å². The second kappa shape index (κ2) is 6.21. The molecule has 20 heavy (non-hydrogen) atoms. The summed E-state index contributed by atoms with van der Waals surface area (Å²) < 4.78 is 0. The minimum absolute atomic E-state index is 0.637. The molecular weight excluding hydrogens is 291 g/mol. The molecule has 0 unspecified atom stereocenters. The van der Waals surface area contributed by atoms with Crippen LogP contribution in [0.1, 0.15) is 11.1 Å². The maximum Gasteiger partial charge on any atom is 0.0661 e. The van der Waals surface area contributed by atoms with Gasteiger partial charge in [0.05, 0.1) is 10.7 Å². The second-order valence-electron chi connectivity index (χ2n) is 4.51. The Labute approximate surface area is 129 Å². The second-order valence-corrected chi connectivity index (χ2v) is 5.35. The van der Waals surface area contributed by atoms with Crippen LogP contribution in [-0.2, 0) is 0 Å². The van der Waals surface area contributed by atoms with Gasteiger partial charge >= 0.3 is 0 Å².